The minimum absolute atomic E-state index is 0.545. The lowest BCUT2D eigenvalue weighted by molar-refractivity contribution is 0.814. The summed E-state index contributed by atoms with van der Waals surface area (Å²) >= 11 is 0. The summed E-state index contributed by atoms with van der Waals surface area (Å²) in [6, 6.07) is 0. The van der Waals surface area contributed by atoms with Crippen molar-refractivity contribution in [3.05, 3.63) is 0 Å². The molecule has 0 radical (unpaired) electrons. The van der Waals surface area contributed by atoms with E-state index < -0.39 is 0 Å². The minimum atomic E-state index is 0.545. The fraction of sp³-hybridized carbons (Fsp3) is 0.769. The second-order valence-electron chi connectivity index (χ2n) is 4.58. The Hall–Kier alpha value is -1.63. The molecule has 1 rings (SSSR count). The van der Waals surface area contributed by atoms with Crippen LogP contribution in [0.5, 0.6) is 0 Å². The third-order valence-electron chi connectivity index (χ3n) is 2.69. The van der Waals surface area contributed by atoms with Gasteiger partial charge in [-0.05, 0) is 12.8 Å². The van der Waals surface area contributed by atoms with Gasteiger partial charge in [0.15, 0.2) is 0 Å². The molecule has 0 bridgehead atoms. The molecule has 0 fully saturated rings. The SMILES string of the molecule is CCCCNc1nc(NCCN)nc(NCCCC)n1. The van der Waals surface area contributed by atoms with E-state index in [1.54, 1.807) is 0 Å². The number of unbranched alkanes of at least 4 members (excludes halogenated alkanes) is 2. The van der Waals surface area contributed by atoms with Crippen molar-refractivity contribution in [2.45, 2.75) is 39.5 Å². The van der Waals surface area contributed by atoms with Crippen molar-refractivity contribution in [3.63, 3.8) is 0 Å². The van der Waals surface area contributed by atoms with Crippen LogP contribution in [0.25, 0.3) is 0 Å². The van der Waals surface area contributed by atoms with Crippen LogP contribution in [0.15, 0.2) is 0 Å². The predicted molar refractivity (Wildman–Crippen MR) is 84.2 cm³/mol. The van der Waals surface area contributed by atoms with Gasteiger partial charge in [0.2, 0.25) is 17.8 Å². The number of rotatable bonds is 11. The maximum atomic E-state index is 5.48. The molecule has 7 heteroatoms. The molecule has 0 unspecified atom stereocenters. The number of nitrogens with one attached hydrogen (secondary N) is 3. The second-order valence-corrected chi connectivity index (χ2v) is 4.58. The van der Waals surface area contributed by atoms with E-state index in [-0.39, 0.29) is 0 Å². The van der Waals surface area contributed by atoms with Crippen molar-refractivity contribution in [1.29, 1.82) is 0 Å². The van der Waals surface area contributed by atoms with Gasteiger partial charge in [-0.2, -0.15) is 15.0 Å². The van der Waals surface area contributed by atoms with Gasteiger partial charge in [-0.1, -0.05) is 26.7 Å². The summed E-state index contributed by atoms with van der Waals surface area (Å²) in [7, 11) is 0. The van der Waals surface area contributed by atoms with E-state index in [1.807, 2.05) is 0 Å². The normalized spacial score (nSPS) is 10.3. The Labute approximate surface area is 121 Å². The Bertz CT molecular complexity index is 341. The highest BCUT2D eigenvalue weighted by Crippen LogP contribution is 2.09. The molecule has 5 N–H and O–H groups in total. The largest absolute Gasteiger partial charge is 0.354 e. The van der Waals surface area contributed by atoms with Crippen molar-refractivity contribution in [2.24, 2.45) is 5.73 Å². The van der Waals surface area contributed by atoms with Gasteiger partial charge in [0.1, 0.15) is 0 Å². The Morgan fingerprint density at radius 3 is 1.50 bits per heavy atom. The molecule has 0 aromatic carbocycles. The van der Waals surface area contributed by atoms with E-state index >= 15 is 0 Å². The van der Waals surface area contributed by atoms with Crippen molar-refractivity contribution >= 4 is 17.8 Å². The van der Waals surface area contributed by atoms with Crippen LogP contribution in [-0.2, 0) is 0 Å². The quantitative estimate of drug-likeness (QED) is 0.458. The molecular weight excluding hydrogens is 254 g/mol. The van der Waals surface area contributed by atoms with Crippen LogP contribution >= 0.6 is 0 Å². The highest BCUT2D eigenvalue weighted by molar-refractivity contribution is 5.42. The van der Waals surface area contributed by atoms with Crippen molar-refractivity contribution in [2.75, 3.05) is 42.1 Å². The number of nitrogens with two attached hydrogens (primary N) is 1. The molecular formula is C13H27N7. The summed E-state index contributed by atoms with van der Waals surface area (Å²) < 4.78 is 0. The monoisotopic (exact) mass is 281 g/mol. The van der Waals surface area contributed by atoms with Crippen LogP contribution in [0, 0.1) is 0 Å². The molecule has 1 aromatic heterocycles. The maximum Gasteiger partial charge on any atom is 0.229 e. The van der Waals surface area contributed by atoms with Gasteiger partial charge >= 0.3 is 0 Å². The van der Waals surface area contributed by atoms with E-state index in [0.717, 1.165) is 38.8 Å². The summed E-state index contributed by atoms with van der Waals surface area (Å²) in [6.07, 6.45) is 4.46. The summed E-state index contributed by atoms with van der Waals surface area (Å²) in [4.78, 5) is 13.0. The van der Waals surface area contributed by atoms with Crippen LogP contribution in [0.3, 0.4) is 0 Å². The first kappa shape index (κ1) is 16.4. The second kappa shape index (κ2) is 10.2. The number of anilines is 3. The predicted octanol–water partition coefficient (Wildman–Crippen LogP) is 1.67. The number of nitrogens with zero attached hydrogens (tertiary/aromatic N) is 3. The van der Waals surface area contributed by atoms with Gasteiger partial charge < -0.3 is 21.7 Å². The summed E-state index contributed by atoms with van der Waals surface area (Å²) in [6.45, 7) is 7.23. The standard InChI is InChI=1S/C13H27N7/c1-3-5-8-15-11-18-12(16-9-6-4-2)20-13(19-11)17-10-7-14/h3-10,14H2,1-2H3,(H3,15,16,17,18,19,20). The molecule has 0 amide bonds. The Balaban J connectivity index is 2.67. The van der Waals surface area contributed by atoms with Crippen molar-refractivity contribution < 1.29 is 0 Å². The fourth-order valence-electron chi connectivity index (χ4n) is 1.55. The maximum absolute atomic E-state index is 5.48. The zero-order valence-corrected chi connectivity index (χ0v) is 12.6. The molecule has 0 aliphatic rings. The van der Waals surface area contributed by atoms with Gasteiger partial charge in [-0.15, -0.1) is 0 Å². The first-order chi connectivity index (χ1) is 9.80. The summed E-state index contributed by atoms with van der Waals surface area (Å²) in [5, 5.41) is 9.53. The summed E-state index contributed by atoms with van der Waals surface area (Å²) in [5.41, 5.74) is 5.48. The molecule has 1 aromatic rings. The number of hydrogen-bond acceptors (Lipinski definition) is 7. The van der Waals surface area contributed by atoms with Crippen molar-refractivity contribution in [3.8, 4) is 0 Å². The van der Waals surface area contributed by atoms with Crippen LogP contribution in [0.4, 0.5) is 17.8 Å². The molecule has 0 saturated heterocycles. The first-order valence-corrected chi connectivity index (χ1v) is 7.47. The Morgan fingerprint density at radius 1 is 0.750 bits per heavy atom. The van der Waals surface area contributed by atoms with Gasteiger partial charge in [-0.3, -0.25) is 0 Å². The Kier molecular flexibility index (Phi) is 8.37. The molecule has 0 aliphatic carbocycles. The first-order valence-electron chi connectivity index (χ1n) is 7.47. The van der Waals surface area contributed by atoms with Gasteiger partial charge in [0.05, 0.1) is 0 Å². The molecule has 114 valence electrons. The summed E-state index contributed by atoms with van der Waals surface area (Å²) in [5.74, 6) is 1.77. The van der Waals surface area contributed by atoms with Gasteiger partial charge in [0.25, 0.3) is 0 Å². The van der Waals surface area contributed by atoms with E-state index in [9.17, 15) is 0 Å². The zero-order chi connectivity index (χ0) is 14.6. The van der Waals surface area contributed by atoms with Crippen LogP contribution in [-0.4, -0.2) is 41.1 Å². The molecule has 0 spiro atoms. The third kappa shape index (κ3) is 6.51. The molecule has 1 heterocycles. The smallest absolute Gasteiger partial charge is 0.229 e. The molecule has 7 nitrogen and oxygen atoms in total. The molecule has 0 aliphatic heterocycles. The average Bonchev–Trinajstić information content (AvgIpc) is 2.46. The van der Waals surface area contributed by atoms with Crippen LogP contribution < -0.4 is 21.7 Å². The number of hydrogen-bond donors (Lipinski definition) is 4. The average molecular weight is 281 g/mol. The van der Waals surface area contributed by atoms with E-state index in [1.165, 1.54) is 0 Å². The molecule has 0 saturated carbocycles. The fourth-order valence-corrected chi connectivity index (χ4v) is 1.55. The highest BCUT2D eigenvalue weighted by Gasteiger charge is 2.05. The van der Waals surface area contributed by atoms with E-state index in [0.29, 0.717) is 30.9 Å². The van der Waals surface area contributed by atoms with E-state index in [2.05, 4.69) is 44.7 Å². The van der Waals surface area contributed by atoms with E-state index in [4.69, 9.17) is 5.73 Å². The van der Waals surface area contributed by atoms with Crippen molar-refractivity contribution in [1.82, 2.24) is 15.0 Å². The van der Waals surface area contributed by atoms with Crippen LogP contribution in [0.2, 0.25) is 0 Å². The third-order valence-corrected chi connectivity index (χ3v) is 2.69. The van der Waals surface area contributed by atoms with Gasteiger partial charge in [-0.25, -0.2) is 0 Å². The highest BCUT2D eigenvalue weighted by atomic mass is 15.3. The Morgan fingerprint density at radius 2 is 1.15 bits per heavy atom. The lowest BCUT2D eigenvalue weighted by atomic mass is 10.3. The van der Waals surface area contributed by atoms with Gasteiger partial charge in [0, 0.05) is 26.2 Å². The lowest BCUT2D eigenvalue weighted by Gasteiger charge is -2.10. The molecule has 0 atom stereocenters. The minimum Gasteiger partial charge on any atom is -0.354 e. The molecule has 20 heavy (non-hydrogen) atoms. The number of aromatic nitrogens is 3. The zero-order valence-electron chi connectivity index (χ0n) is 12.6. The van der Waals surface area contributed by atoms with Crippen LogP contribution in [0.1, 0.15) is 39.5 Å². The lowest BCUT2D eigenvalue weighted by Crippen LogP contribution is -2.17. The topological polar surface area (TPSA) is 101 Å².